The number of hydrogen-bond acceptors (Lipinski definition) is 3. The molecule has 3 heterocycles. The molecule has 124 valence electrons. The molecule has 0 unspecified atom stereocenters. The number of aryl methyl sites for hydroxylation is 1. The summed E-state index contributed by atoms with van der Waals surface area (Å²) in [6.45, 7) is 3.06. The van der Waals surface area contributed by atoms with Crippen molar-refractivity contribution in [2.24, 2.45) is 0 Å². The minimum Gasteiger partial charge on any atom is -0.438 e. The molecule has 1 fully saturated rings. The monoisotopic (exact) mass is 327 g/mol. The maximum atomic E-state index is 13.5. The summed E-state index contributed by atoms with van der Waals surface area (Å²) in [5.74, 6) is 0.715. The highest BCUT2D eigenvalue weighted by atomic mass is 19.1. The molecule has 0 spiro atoms. The van der Waals surface area contributed by atoms with Crippen molar-refractivity contribution in [1.29, 1.82) is 0 Å². The molecule has 1 N–H and O–H groups in total. The number of fused-ring (bicyclic) bond motifs is 1. The van der Waals surface area contributed by atoms with Gasteiger partial charge < -0.3 is 14.3 Å². The SMILES string of the molecule is Cc1cnc(C(=O)N2CCC(c3c[nH]c4ccc(F)cc34)CC2)o1. The van der Waals surface area contributed by atoms with Crippen molar-refractivity contribution in [3.05, 3.63) is 53.6 Å². The third kappa shape index (κ3) is 2.58. The normalized spacial score (nSPS) is 16.0. The van der Waals surface area contributed by atoms with Crippen LogP contribution < -0.4 is 0 Å². The number of rotatable bonds is 2. The number of amides is 1. The summed E-state index contributed by atoms with van der Waals surface area (Å²) in [6, 6.07) is 4.80. The molecule has 1 saturated heterocycles. The molecule has 0 aliphatic carbocycles. The summed E-state index contributed by atoms with van der Waals surface area (Å²) in [5, 5.41) is 0.933. The van der Waals surface area contributed by atoms with E-state index in [2.05, 4.69) is 9.97 Å². The van der Waals surface area contributed by atoms with Gasteiger partial charge >= 0.3 is 5.91 Å². The molecular formula is C18H18FN3O2. The molecule has 5 nitrogen and oxygen atoms in total. The number of aromatic nitrogens is 2. The van der Waals surface area contributed by atoms with E-state index in [1.54, 1.807) is 30.2 Å². The molecule has 3 aromatic rings. The van der Waals surface area contributed by atoms with Crippen molar-refractivity contribution in [3.63, 3.8) is 0 Å². The molecule has 1 aliphatic rings. The van der Waals surface area contributed by atoms with E-state index < -0.39 is 0 Å². The number of H-pyrrole nitrogens is 1. The van der Waals surface area contributed by atoms with Crippen molar-refractivity contribution in [2.75, 3.05) is 13.1 Å². The van der Waals surface area contributed by atoms with Gasteiger partial charge in [-0.3, -0.25) is 4.79 Å². The average Bonchev–Trinajstić information content (AvgIpc) is 3.20. The van der Waals surface area contributed by atoms with Gasteiger partial charge in [-0.05, 0) is 49.4 Å². The van der Waals surface area contributed by atoms with Crippen LogP contribution in [0.15, 0.2) is 35.0 Å². The Labute approximate surface area is 138 Å². The van der Waals surface area contributed by atoms with Crippen LogP contribution in [0.3, 0.4) is 0 Å². The van der Waals surface area contributed by atoms with Crippen molar-refractivity contribution in [1.82, 2.24) is 14.9 Å². The predicted molar refractivity (Wildman–Crippen MR) is 87.4 cm³/mol. The Bertz CT molecular complexity index is 891. The highest BCUT2D eigenvalue weighted by Crippen LogP contribution is 2.33. The Morgan fingerprint density at radius 3 is 2.88 bits per heavy atom. The number of carbonyl (C=O) groups is 1. The molecule has 1 amide bonds. The molecule has 0 saturated carbocycles. The minimum absolute atomic E-state index is 0.153. The van der Waals surface area contributed by atoms with Crippen LogP contribution in [0.5, 0.6) is 0 Å². The number of nitrogens with one attached hydrogen (secondary N) is 1. The van der Waals surface area contributed by atoms with Gasteiger partial charge in [-0.25, -0.2) is 9.37 Å². The molecule has 2 aromatic heterocycles. The predicted octanol–water partition coefficient (Wildman–Crippen LogP) is 3.62. The fourth-order valence-electron chi connectivity index (χ4n) is 3.43. The molecule has 0 bridgehead atoms. The van der Waals surface area contributed by atoms with Crippen LogP contribution in [0.4, 0.5) is 4.39 Å². The zero-order valence-electron chi connectivity index (χ0n) is 13.4. The topological polar surface area (TPSA) is 62.1 Å². The third-order valence-electron chi connectivity index (χ3n) is 4.70. The van der Waals surface area contributed by atoms with Gasteiger partial charge in [0.25, 0.3) is 5.89 Å². The van der Waals surface area contributed by atoms with Gasteiger partial charge in [0.05, 0.1) is 6.20 Å². The van der Waals surface area contributed by atoms with E-state index >= 15 is 0 Å². The number of likely N-dealkylation sites (tertiary alicyclic amines) is 1. The smallest absolute Gasteiger partial charge is 0.309 e. The van der Waals surface area contributed by atoms with Crippen LogP contribution in [-0.2, 0) is 0 Å². The van der Waals surface area contributed by atoms with Crippen LogP contribution in [0.1, 0.15) is 40.8 Å². The second-order valence-corrected chi connectivity index (χ2v) is 6.28. The van der Waals surface area contributed by atoms with Crippen molar-refractivity contribution >= 4 is 16.8 Å². The fourth-order valence-corrected chi connectivity index (χ4v) is 3.43. The number of halogens is 1. The van der Waals surface area contributed by atoms with E-state index in [0.717, 1.165) is 29.3 Å². The first-order chi connectivity index (χ1) is 11.6. The molecule has 4 rings (SSSR count). The number of aromatic amines is 1. The highest BCUT2D eigenvalue weighted by molar-refractivity contribution is 5.89. The van der Waals surface area contributed by atoms with Crippen LogP contribution in [-0.4, -0.2) is 33.9 Å². The highest BCUT2D eigenvalue weighted by Gasteiger charge is 2.28. The molecule has 1 aliphatic heterocycles. The number of benzene rings is 1. The van der Waals surface area contributed by atoms with Gasteiger partial charge in [0, 0.05) is 30.2 Å². The largest absolute Gasteiger partial charge is 0.438 e. The van der Waals surface area contributed by atoms with Crippen molar-refractivity contribution in [3.8, 4) is 0 Å². The van der Waals surface area contributed by atoms with Crippen LogP contribution >= 0.6 is 0 Å². The van der Waals surface area contributed by atoms with Gasteiger partial charge in [-0.2, -0.15) is 0 Å². The second kappa shape index (κ2) is 5.78. The lowest BCUT2D eigenvalue weighted by Gasteiger charge is -2.31. The zero-order chi connectivity index (χ0) is 16.7. The van der Waals surface area contributed by atoms with E-state index in [0.29, 0.717) is 24.8 Å². The molecule has 24 heavy (non-hydrogen) atoms. The van der Waals surface area contributed by atoms with Crippen LogP contribution in [0.2, 0.25) is 0 Å². The van der Waals surface area contributed by atoms with Gasteiger partial charge in [-0.15, -0.1) is 0 Å². The minimum atomic E-state index is -0.227. The fraction of sp³-hybridized carbons (Fsp3) is 0.333. The number of piperidine rings is 1. The Morgan fingerprint density at radius 2 is 2.17 bits per heavy atom. The second-order valence-electron chi connectivity index (χ2n) is 6.28. The number of hydrogen-bond donors (Lipinski definition) is 1. The third-order valence-corrected chi connectivity index (χ3v) is 4.70. The van der Waals surface area contributed by atoms with Crippen molar-refractivity contribution < 1.29 is 13.6 Å². The first kappa shape index (κ1) is 14.9. The quantitative estimate of drug-likeness (QED) is 0.782. The zero-order valence-corrected chi connectivity index (χ0v) is 13.4. The maximum absolute atomic E-state index is 13.5. The molecular weight excluding hydrogens is 309 g/mol. The van der Waals surface area contributed by atoms with E-state index in [1.165, 1.54) is 6.07 Å². The summed E-state index contributed by atoms with van der Waals surface area (Å²) in [5.41, 5.74) is 2.07. The van der Waals surface area contributed by atoms with Crippen molar-refractivity contribution in [2.45, 2.75) is 25.7 Å². The summed E-state index contributed by atoms with van der Waals surface area (Å²) in [6.07, 6.45) is 5.20. The summed E-state index contributed by atoms with van der Waals surface area (Å²) < 4.78 is 18.9. The first-order valence-electron chi connectivity index (χ1n) is 8.10. The van der Waals surface area contributed by atoms with E-state index in [9.17, 15) is 9.18 Å². The first-order valence-corrected chi connectivity index (χ1v) is 8.10. The van der Waals surface area contributed by atoms with E-state index in [1.807, 2.05) is 6.20 Å². The average molecular weight is 327 g/mol. The molecule has 1 aromatic carbocycles. The van der Waals surface area contributed by atoms with Gasteiger partial charge in [0.15, 0.2) is 0 Å². The number of oxazole rings is 1. The summed E-state index contributed by atoms with van der Waals surface area (Å²) >= 11 is 0. The van der Waals surface area contributed by atoms with Gasteiger partial charge in [-0.1, -0.05) is 0 Å². The lowest BCUT2D eigenvalue weighted by atomic mass is 9.89. The summed E-state index contributed by atoms with van der Waals surface area (Å²) in [7, 11) is 0. The summed E-state index contributed by atoms with van der Waals surface area (Å²) in [4.78, 5) is 21.4. The standard InChI is InChI=1S/C18H18FN3O2/c1-11-9-21-17(24-11)18(23)22-6-4-12(5-7-22)15-10-20-16-3-2-13(19)8-14(15)16/h2-3,8-10,12,20H,4-7H2,1H3. The Balaban J connectivity index is 1.49. The van der Waals surface area contributed by atoms with E-state index in [4.69, 9.17) is 4.42 Å². The molecule has 0 radical (unpaired) electrons. The Morgan fingerprint density at radius 1 is 1.38 bits per heavy atom. The molecule has 6 heteroatoms. The maximum Gasteiger partial charge on any atom is 0.309 e. The van der Waals surface area contributed by atoms with E-state index in [-0.39, 0.29) is 17.6 Å². The van der Waals surface area contributed by atoms with Crippen LogP contribution in [0, 0.1) is 12.7 Å². The Hall–Kier alpha value is -2.63. The van der Waals surface area contributed by atoms with Crippen LogP contribution in [0.25, 0.3) is 10.9 Å². The molecule has 0 atom stereocenters. The lowest BCUT2D eigenvalue weighted by molar-refractivity contribution is 0.0671. The lowest BCUT2D eigenvalue weighted by Crippen LogP contribution is -2.38. The number of nitrogens with zero attached hydrogens (tertiary/aromatic N) is 2. The van der Waals surface area contributed by atoms with Gasteiger partial charge in [0.2, 0.25) is 0 Å². The van der Waals surface area contributed by atoms with Gasteiger partial charge in [0.1, 0.15) is 11.6 Å². The Kier molecular flexibility index (Phi) is 3.59. The number of carbonyl (C=O) groups excluding carboxylic acids is 1.